The molecule has 7 heteroatoms. The summed E-state index contributed by atoms with van der Waals surface area (Å²) < 4.78 is 11.8. The topological polar surface area (TPSA) is 72.9 Å². The van der Waals surface area contributed by atoms with Crippen molar-refractivity contribution in [1.82, 2.24) is 0 Å². The van der Waals surface area contributed by atoms with E-state index in [9.17, 15) is 14.4 Å². The number of rotatable bonds is 3. The van der Waals surface area contributed by atoms with Crippen molar-refractivity contribution in [3.05, 3.63) is 40.9 Å². The zero-order valence-electron chi connectivity index (χ0n) is 12.8. The number of benzene rings is 1. The molecule has 0 aliphatic carbocycles. The summed E-state index contributed by atoms with van der Waals surface area (Å²) in [4.78, 5) is 38.2. The minimum absolute atomic E-state index is 0.0658. The van der Waals surface area contributed by atoms with E-state index < -0.39 is 29.5 Å². The first kappa shape index (κ1) is 15.5. The number of imide groups is 1. The number of anilines is 1. The van der Waals surface area contributed by atoms with Gasteiger partial charge in [0, 0.05) is 11.4 Å². The van der Waals surface area contributed by atoms with Crippen molar-refractivity contribution in [2.24, 2.45) is 11.8 Å². The fourth-order valence-electron chi connectivity index (χ4n) is 3.73. The summed E-state index contributed by atoms with van der Waals surface area (Å²) in [6.07, 6.45) is 3.07. The fourth-order valence-corrected chi connectivity index (χ4v) is 3.99. The molecular formula is C17H14BrNO5. The SMILES string of the molecule is CC(=O)OC[C@@]12C=C[C@@H](O1)[C@H]1C(=O)N(c3ccc(Br)cc3)C(=O)[C@@H]12. The monoisotopic (exact) mass is 391 g/mol. The highest BCUT2D eigenvalue weighted by Crippen LogP contribution is 2.52. The van der Waals surface area contributed by atoms with Gasteiger partial charge in [0.1, 0.15) is 12.2 Å². The van der Waals surface area contributed by atoms with Crippen LogP contribution in [0.5, 0.6) is 0 Å². The molecule has 6 nitrogen and oxygen atoms in total. The van der Waals surface area contributed by atoms with Gasteiger partial charge >= 0.3 is 5.97 Å². The quantitative estimate of drug-likeness (QED) is 0.446. The lowest BCUT2D eigenvalue weighted by Crippen LogP contribution is -2.44. The third-order valence-electron chi connectivity index (χ3n) is 4.74. The lowest BCUT2D eigenvalue weighted by Gasteiger charge is -2.28. The molecule has 0 spiro atoms. The molecule has 2 saturated heterocycles. The molecule has 1 aromatic carbocycles. The fraction of sp³-hybridized carbons (Fsp3) is 0.353. The predicted octanol–water partition coefficient (Wildman–Crippen LogP) is 1.83. The molecule has 3 aliphatic rings. The van der Waals surface area contributed by atoms with Gasteiger partial charge in [-0.1, -0.05) is 22.0 Å². The number of carbonyl (C=O) groups is 3. The highest BCUT2D eigenvalue weighted by atomic mass is 79.9. The number of amides is 2. The van der Waals surface area contributed by atoms with E-state index in [0.29, 0.717) is 5.69 Å². The standard InChI is InChI=1S/C17H14BrNO5/c1-9(20)23-8-17-7-6-12(24-17)13-14(17)16(22)19(15(13)21)11-4-2-10(18)3-5-11/h2-7,12-14H,8H2,1H3/t12-,13-,14-,17-/m1/s1. The predicted molar refractivity (Wildman–Crippen MR) is 87.0 cm³/mol. The van der Waals surface area contributed by atoms with Crippen molar-refractivity contribution in [2.45, 2.75) is 18.6 Å². The Hall–Kier alpha value is -1.99. The second kappa shape index (κ2) is 5.26. The summed E-state index contributed by atoms with van der Waals surface area (Å²) in [6.45, 7) is 1.23. The Balaban J connectivity index is 1.69. The van der Waals surface area contributed by atoms with Gasteiger partial charge in [0.15, 0.2) is 0 Å². The van der Waals surface area contributed by atoms with Crippen molar-refractivity contribution in [2.75, 3.05) is 11.5 Å². The zero-order chi connectivity index (χ0) is 17.1. The first-order valence-corrected chi connectivity index (χ1v) is 8.36. The first-order chi connectivity index (χ1) is 11.4. The normalized spacial score (nSPS) is 33.2. The number of ether oxygens (including phenoxy) is 2. The Morgan fingerprint density at radius 2 is 2.00 bits per heavy atom. The molecule has 2 bridgehead atoms. The molecular weight excluding hydrogens is 378 g/mol. The lowest BCUT2D eigenvalue weighted by atomic mass is 9.77. The van der Waals surface area contributed by atoms with Crippen LogP contribution < -0.4 is 4.90 Å². The van der Waals surface area contributed by atoms with E-state index in [1.165, 1.54) is 11.8 Å². The Kier molecular flexibility index (Phi) is 3.40. The maximum atomic E-state index is 13.0. The van der Waals surface area contributed by atoms with Crippen LogP contribution in [0.1, 0.15) is 6.92 Å². The number of esters is 1. The highest BCUT2D eigenvalue weighted by molar-refractivity contribution is 9.10. The third-order valence-corrected chi connectivity index (χ3v) is 5.27. The zero-order valence-corrected chi connectivity index (χ0v) is 14.4. The average molecular weight is 392 g/mol. The van der Waals surface area contributed by atoms with Crippen LogP contribution in [0.2, 0.25) is 0 Å². The number of fused-ring (bicyclic) bond motifs is 5. The Labute approximate surface area is 146 Å². The minimum Gasteiger partial charge on any atom is -0.462 e. The van der Waals surface area contributed by atoms with Gasteiger partial charge in [-0.25, -0.2) is 4.90 Å². The van der Waals surface area contributed by atoms with Gasteiger partial charge < -0.3 is 9.47 Å². The van der Waals surface area contributed by atoms with Crippen molar-refractivity contribution in [3.63, 3.8) is 0 Å². The lowest BCUT2D eigenvalue weighted by molar-refractivity contribution is -0.150. The second-order valence-corrected chi connectivity index (χ2v) is 7.08. The van der Waals surface area contributed by atoms with Crippen LogP contribution in [0.15, 0.2) is 40.9 Å². The summed E-state index contributed by atoms with van der Waals surface area (Å²) in [5.74, 6) is -2.27. The molecule has 0 radical (unpaired) electrons. The molecule has 0 saturated carbocycles. The van der Waals surface area contributed by atoms with E-state index in [1.807, 2.05) is 0 Å². The van der Waals surface area contributed by atoms with Gasteiger partial charge in [0.25, 0.3) is 0 Å². The van der Waals surface area contributed by atoms with Crippen LogP contribution in [-0.2, 0) is 23.9 Å². The maximum Gasteiger partial charge on any atom is 0.302 e. The van der Waals surface area contributed by atoms with Gasteiger partial charge in [0.2, 0.25) is 11.8 Å². The molecule has 0 aromatic heterocycles. The van der Waals surface area contributed by atoms with Crippen molar-refractivity contribution in [1.29, 1.82) is 0 Å². The first-order valence-electron chi connectivity index (χ1n) is 7.57. The van der Waals surface area contributed by atoms with E-state index in [-0.39, 0.29) is 18.4 Å². The van der Waals surface area contributed by atoms with Crippen molar-refractivity contribution < 1.29 is 23.9 Å². The van der Waals surface area contributed by atoms with E-state index in [0.717, 1.165) is 4.47 Å². The molecule has 2 fully saturated rings. The molecule has 3 heterocycles. The number of hydrogen-bond acceptors (Lipinski definition) is 5. The smallest absolute Gasteiger partial charge is 0.302 e. The van der Waals surface area contributed by atoms with Gasteiger partial charge in [0.05, 0.1) is 23.6 Å². The van der Waals surface area contributed by atoms with Crippen LogP contribution in [0.25, 0.3) is 0 Å². The molecule has 4 atom stereocenters. The van der Waals surface area contributed by atoms with Gasteiger partial charge in [-0.2, -0.15) is 0 Å². The molecule has 3 aliphatic heterocycles. The minimum atomic E-state index is -1.04. The summed E-state index contributed by atoms with van der Waals surface area (Å²) in [6, 6.07) is 7.00. The van der Waals surface area contributed by atoms with Crippen LogP contribution >= 0.6 is 15.9 Å². The molecule has 0 N–H and O–H groups in total. The molecule has 4 rings (SSSR count). The summed E-state index contributed by atoms with van der Waals surface area (Å²) in [5, 5.41) is 0. The van der Waals surface area contributed by atoms with E-state index >= 15 is 0 Å². The van der Waals surface area contributed by atoms with Crippen molar-refractivity contribution in [3.8, 4) is 0 Å². The van der Waals surface area contributed by atoms with Crippen LogP contribution in [-0.4, -0.2) is 36.1 Å². The maximum absolute atomic E-state index is 13.0. The van der Waals surface area contributed by atoms with E-state index in [2.05, 4.69) is 15.9 Å². The second-order valence-electron chi connectivity index (χ2n) is 6.17. The van der Waals surface area contributed by atoms with Gasteiger partial charge in [-0.3, -0.25) is 14.4 Å². The Morgan fingerprint density at radius 1 is 1.29 bits per heavy atom. The Bertz CT molecular complexity index is 774. The number of halogens is 1. The number of nitrogens with zero attached hydrogens (tertiary/aromatic N) is 1. The summed E-state index contributed by atoms with van der Waals surface area (Å²) in [5.41, 5.74) is -0.512. The summed E-state index contributed by atoms with van der Waals surface area (Å²) in [7, 11) is 0. The number of carbonyl (C=O) groups excluding carboxylic acids is 3. The Morgan fingerprint density at radius 3 is 2.67 bits per heavy atom. The van der Waals surface area contributed by atoms with Crippen LogP contribution in [0.3, 0.4) is 0 Å². The summed E-state index contributed by atoms with van der Waals surface area (Å²) >= 11 is 3.34. The van der Waals surface area contributed by atoms with Gasteiger partial charge in [-0.15, -0.1) is 0 Å². The molecule has 24 heavy (non-hydrogen) atoms. The number of hydrogen-bond donors (Lipinski definition) is 0. The largest absolute Gasteiger partial charge is 0.462 e. The molecule has 0 unspecified atom stereocenters. The van der Waals surface area contributed by atoms with E-state index in [4.69, 9.17) is 9.47 Å². The third kappa shape index (κ3) is 2.08. The molecule has 124 valence electrons. The van der Waals surface area contributed by atoms with Crippen molar-refractivity contribution >= 4 is 39.4 Å². The van der Waals surface area contributed by atoms with Crippen LogP contribution in [0.4, 0.5) is 5.69 Å². The van der Waals surface area contributed by atoms with Crippen LogP contribution in [0, 0.1) is 11.8 Å². The highest BCUT2D eigenvalue weighted by Gasteiger charge is 2.68. The van der Waals surface area contributed by atoms with E-state index in [1.54, 1.807) is 36.4 Å². The molecule has 1 aromatic rings. The average Bonchev–Trinajstić information content (AvgIpc) is 3.18. The van der Waals surface area contributed by atoms with Gasteiger partial charge in [-0.05, 0) is 30.3 Å². The molecule has 2 amide bonds.